The molecule has 0 spiro atoms. The summed E-state index contributed by atoms with van der Waals surface area (Å²) in [5.41, 5.74) is 7.50. The molecule has 2 aromatic rings. The molecule has 0 bridgehead atoms. The highest BCUT2D eigenvalue weighted by atomic mass is 35.5. The SMILES string of the molecule is CCc1nc(N)sc1Cc1cc(F)cc(Cl)c1. The van der Waals surface area contributed by atoms with Gasteiger partial charge in [-0.15, -0.1) is 11.3 Å². The molecule has 5 heteroatoms. The van der Waals surface area contributed by atoms with Gasteiger partial charge < -0.3 is 5.73 Å². The minimum atomic E-state index is -0.317. The number of benzene rings is 1. The third kappa shape index (κ3) is 2.96. The van der Waals surface area contributed by atoms with Crippen molar-refractivity contribution < 1.29 is 4.39 Å². The summed E-state index contributed by atoms with van der Waals surface area (Å²) in [6, 6.07) is 4.55. The lowest BCUT2D eigenvalue weighted by Gasteiger charge is -2.02. The van der Waals surface area contributed by atoms with Crippen LogP contribution in [0.3, 0.4) is 0 Å². The standard InChI is InChI=1S/C12H12ClFN2S/c1-2-10-11(17-12(15)16-10)5-7-3-8(13)6-9(14)4-7/h3-4,6H,2,5H2,1H3,(H2,15,16). The molecule has 0 amide bonds. The van der Waals surface area contributed by atoms with Crippen molar-refractivity contribution in [2.24, 2.45) is 0 Å². The average Bonchev–Trinajstić information content (AvgIpc) is 2.57. The summed E-state index contributed by atoms with van der Waals surface area (Å²) in [6.07, 6.45) is 1.45. The molecule has 1 aromatic heterocycles. The van der Waals surface area contributed by atoms with Crippen LogP contribution >= 0.6 is 22.9 Å². The van der Waals surface area contributed by atoms with E-state index in [1.807, 2.05) is 6.92 Å². The van der Waals surface area contributed by atoms with Gasteiger partial charge in [0, 0.05) is 16.3 Å². The first-order chi connectivity index (χ1) is 8.08. The average molecular weight is 271 g/mol. The van der Waals surface area contributed by atoms with Crippen molar-refractivity contribution in [1.29, 1.82) is 0 Å². The fourth-order valence-electron chi connectivity index (χ4n) is 1.72. The Labute approximate surface area is 108 Å². The van der Waals surface area contributed by atoms with Crippen LogP contribution in [0.25, 0.3) is 0 Å². The minimum Gasteiger partial charge on any atom is -0.375 e. The number of anilines is 1. The number of aromatic nitrogens is 1. The largest absolute Gasteiger partial charge is 0.375 e. The van der Waals surface area contributed by atoms with E-state index in [1.54, 1.807) is 6.07 Å². The highest BCUT2D eigenvalue weighted by Crippen LogP contribution is 2.25. The first-order valence-corrected chi connectivity index (χ1v) is 6.47. The molecule has 0 saturated heterocycles. The van der Waals surface area contributed by atoms with Gasteiger partial charge >= 0.3 is 0 Å². The van der Waals surface area contributed by atoms with Gasteiger partial charge in [0.1, 0.15) is 5.82 Å². The Bertz CT molecular complexity index is 519. The lowest BCUT2D eigenvalue weighted by Crippen LogP contribution is -1.92. The molecule has 17 heavy (non-hydrogen) atoms. The molecule has 0 aliphatic rings. The second-order valence-electron chi connectivity index (χ2n) is 3.73. The first-order valence-electron chi connectivity index (χ1n) is 5.27. The molecule has 1 heterocycles. The minimum absolute atomic E-state index is 0.317. The molecule has 0 fully saturated rings. The molecular formula is C12H12ClFN2S. The zero-order valence-electron chi connectivity index (χ0n) is 9.34. The Hall–Kier alpha value is -1.13. The van der Waals surface area contributed by atoms with Crippen molar-refractivity contribution in [3.63, 3.8) is 0 Å². The van der Waals surface area contributed by atoms with E-state index in [9.17, 15) is 4.39 Å². The van der Waals surface area contributed by atoms with Crippen LogP contribution in [0, 0.1) is 5.82 Å². The van der Waals surface area contributed by atoms with Gasteiger partial charge in [0.05, 0.1) is 5.69 Å². The molecule has 2 N–H and O–H groups in total. The van der Waals surface area contributed by atoms with Gasteiger partial charge in [-0.2, -0.15) is 0 Å². The summed E-state index contributed by atoms with van der Waals surface area (Å²) >= 11 is 7.26. The van der Waals surface area contributed by atoms with Crippen molar-refractivity contribution in [1.82, 2.24) is 4.98 Å². The van der Waals surface area contributed by atoms with Crippen LogP contribution in [-0.4, -0.2) is 4.98 Å². The predicted octanol–water partition coefficient (Wildman–Crippen LogP) is 3.67. The van der Waals surface area contributed by atoms with Gasteiger partial charge in [-0.1, -0.05) is 18.5 Å². The summed E-state index contributed by atoms with van der Waals surface area (Å²) < 4.78 is 13.2. The second-order valence-corrected chi connectivity index (χ2v) is 5.28. The van der Waals surface area contributed by atoms with Crippen LogP contribution < -0.4 is 5.73 Å². The van der Waals surface area contributed by atoms with E-state index in [0.29, 0.717) is 16.6 Å². The van der Waals surface area contributed by atoms with Crippen LogP contribution in [-0.2, 0) is 12.8 Å². The van der Waals surface area contributed by atoms with E-state index < -0.39 is 0 Å². The zero-order chi connectivity index (χ0) is 12.4. The number of rotatable bonds is 3. The number of nitrogens with two attached hydrogens (primary N) is 1. The normalized spacial score (nSPS) is 10.8. The smallest absolute Gasteiger partial charge is 0.180 e. The summed E-state index contributed by atoms with van der Waals surface area (Å²) in [4.78, 5) is 5.32. The Kier molecular flexibility index (Phi) is 3.64. The second kappa shape index (κ2) is 5.02. The highest BCUT2D eigenvalue weighted by Gasteiger charge is 2.09. The summed E-state index contributed by atoms with van der Waals surface area (Å²) in [6.45, 7) is 2.02. The Balaban J connectivity index is 2.30. The maximum Gasteiger partial charge on any atom is 0.180 e. The molecule has 90 valence electrons. The lowest BCUT2D eigenvalue weighted by molar-refractivity contribution is 0.626. The van der Waals surface area contributed by atoms with Crippen molar-refractivity contribution in [2.45, 2.75) is 19.8 Å². The summed E-state index contributed by atoms with van der Waals surface area (Å²) in [5.74, 6) is -0.317. The molecule has 0 saturated carbocycles. The fraction of sp³-hybridized carbons (Fsp3) is 0.250. The maximum atomic E-state index is 13.2. The molecule has 2 rings (SSSR count). The van der Waals surface area contributed by atoms with Crippen molar-refractivity contribution in [3.05, 3.63) is 45.2 Å². The molecule has 0 unspecified atom stereocenters. The number of nitrogens with zero attached hydrogens (tertiary/aromatic N) is 1. The van der Waals surface area contributed by atoms with Crippen LogP contribution in [0.1, 0.15) is 23.1 Å². The Morgan fingerprint density at radius 1 is 1.41 bits per heavy atom. The topological polar surface area (TPSA) is 38.9 Å². The van der Waals surface area contributed by atoms with E-state index in [2.05, 4.69) is 4.98 Å². The number of thiazole rings is 1. The van der Waals surface area contributed by atoms with Gasteiger partial charge in [-0.05, 0) is 30.2 Å². The fourth-order valence-corrected chi connectivity index (χ4v) is 2.92. The summed E-state index contributed by atoms with van der Waals surface area (Å²) in [7, 11) is 0. The van der Waals surface area contributed by atoms with E-state index in [1.165, 1.54) is 23.5 Å². The summed E-state index contributed by atoms with van der Waals surface area (Å²) in [5, 5.41) is 0.967. The number of hydrogen-bond acceptors (Lipinski definition) is 3. The van der Waals surface area contributed by atoms with Crippen LogP contribution in [0.15, 0.2) is 18.2 Å². The molecule has 1 aromatic carbocycles. The maximum absolute atomic E-state index is 13.2. The molecule has 0 aliphatic heterocycles. The van der Waals surface area contributed by atoms with Gasteiger partial charge in [0.25, 0.3) is 0 Å². The molecular weight excluding hydrogens is 259 g/mol. The Morgan fingerprint density at radius 2 is 2.18 bits per heavy atom. The van der Waals surface area contributed by atoms with E-state index >= 15 is 0 Å². The number of nitrogen functional groups attached to an aromatic ring is 1. The molecule has 0 aliphatic carbocycles. The highest BCUT2D eigenvalue weighted by molar-refractivity contribution is 7.15. The van der Waals surface area contributed by atoms with E-state index in [4.69, 9.17) is 17.3 Å². The predicted molar refractivity (Wildman–Crippen MR) is 70.1 cm³/mol. The van der Waals surface area contributed by atoms with Gasteiger partial charge in [0.15, 0.2) is 5.13 Å². The molecule has 2 nitrogen and oxygen atoms in total. The quantitative estimate of drug-likeness (QED) is 0.924. The van der Waals surface area contributed by atoms with Crippen molar-refractivity contribution >= 4 is 28.1 Å². The number of hydrogen-bond donors (Lipinski definition) is 1. The first kappa shape index (κ1) is 12.3. The lowest BCUT2D eigenvalue weighted by atomic mass is 10.1. The number of aryl methyl sites for hydroxylation is 1. The van der Waals surface area contributed by atoms with E-state index in [-0.39, 0.29) is 5.82 Å². The third-order valence-corrected chi connectivity index (χ3v) is 3.56. The number of halogens is 2. The third-order valence-electron chi connectivity index (χ3n) is 2.42. The van der Waals surface area contributed by atoms with Gasteiger partial charge in [-0.25, -0.2) is 9.37 Å². The van der Waals surface area contributed by atoms with Crippen LogP contribution in [0.4, 0.5) is 9.52 Å². The van der Waals surface area contributed by atoms with Gasteiger partial charge in [-0.3, -0.25) is 0 Å². The van der Waals surface area contributed by atoms with Crippen molar-refractivity contribution in [2.75, 3.05) is 5.73 Å². The monoisotopic (exact) mass is 270 g/mol. The molecule has 0 radical (unpaired) electrons. The zero-order valence-corrected chi connectivity index (χ0v) is 10.9. The van der Waals surface area contributed by atoms with E-state index in [0.717, 1.165) is 22.6 Å². The van der Waals surface area contributed by atoms with Gasteiger partial charge in [0.2, 0.25) is 0 Å². The van der Waals surface area contributed by atoms with Crippen molar-refractivity contribution in [3.8, 4) is 0 Å². The van der Waals surface area contributed by atoms with Crippen LogP contribution in [0.2, 0.25) is 5.02 Å². The van der Waals surface area contributed by atoms with Crippen LogP contribution in [0.5, 0.6) is 0 Å². The Morgan fingerprint density at radius 3 is 2.82 bits per heavy atom. The molecule has 0 atom stereocenters.